The summed E-state index contributed by atoms with van der Waals surface area (Å²) in [5.41, 5.74) is 2.11. The molecule has 0 radical (unpaired) electrons. The van der Waals surface area contributed by atoms with Gasteiger partial charge in [-0.3, -0.25) is 19.4 Å². The summed E-state index contributed by atoms with van der Waals surface area (Å²) >= 11 is 0. The Morgan fingerprint density at radius 3 is 2.07 bits per heavy atom. The summed E-state index contributed by atoms with van der Waals surface area (Å²) in [4.78, 5) is 30.9. The number of anilines is 1. The molecule has 1 saturated heterocycles. The molecule has 1 fully saturated rings. The average Bonchev–Trinajstić information content (AvgIpc) is 2.95. The van der Waals surface area contributed by atoms with E-state index in [0.717, 1.165) is 37.6 Å². The predicted molar refractivity (Wildman–Crippen MR) is 103 cm³/mol. The Labute approximate surface area is 158 Å². The molecule has 0 saturated carbocycles. The van der Waals surface area contributed by atoms with Gasteiger partial charge in [0.1, 0.15) is 5.75 Å². The lowest BCUT2D eigenvalue weighted by Gasteiger charge is -2.37. The lowest BCUT2D eigenvalue weighted by molar-refractivity contribution is 0.0535. The number of nitrogens with zero attached hydrogens (tertiary/aromatic N) is 3. The third-order valence-electron chi connectivity index (χ3n) is 5.10. The molecule has 0 aromatic heterocycles. The maximum atomic E-state index is 12.5. The van der Waals surface area contributed by atoms with Gasteiger partial charge in [-0.25, -0.2) is 0 Å². The number of amides is 2. The summed E-state index contributed by atoms with van der Waals surface area (Å²) in [6, 6.07) is 15.1. The van der Waals surface area contributed by atoms with E-state index in [4.69, 9.17) is 4.74 Å². The summed E-state index contributed by atoms with van der Waals surface area (Å²) in [6.07, 6.45) is 0. The van der Waals surface area contributed by atoms with E-state index in [1.54, 1.807) is 24.3 Å². The van der Waals surface area contributed by atoms with Crippen molar-refractivity contribution in [2.45, 2.75) is 6.92 Å². The maximum absolute atomic E-state index is 12.5. The van der Waals surface area contributed by atoms with Crippen molar-refractivity contribution in [2.75, 3.05) is 44.4 Å². The maximum Gasteiger partial charge on any atom is 0.262 e. The largest absolute Gasteiger partial charge is 0.492 e. The lowest BCUT2D eigenvalue weighted by atomic mass is 10.1. The highest BCUT2D eigenvalue weighted by Gasteiger charge is 2.36. The number of fused-ring (bicyclic) bond motifs is 1. The first-order chi connectivity index (χ1) is 13.2. The normalized spacial score (nSPS) is 17.4. The molecule has 2 heterocycles. The van der Waals surface area contributed by atoms with Gasteiger partial charge in [0, 0.05) is 26.2 Å². The summed E-state index contributed by atoms with van der Waals surface area (Å²) in [7, 11) is 0. The van der Waals surface area contributed by atoms with Crippen LogP contribution >= 0.6 is 0 Å². The summed E-state index contributed by atoms with van der Waals surface area (Å²) in [5.74, 6) is 0.508. The Morgan fingerprint density at radius 1 is 0.852 bits per heavy atom. The zero-order valence-corrected chi connectivity index (χ0v) is 15.4. The Hall–Kier alpha value is -2.86. The van der Waals surface area contributed by atoms with Crippen molar-refractivity contribution in [1.29, 1.82) is 0 Å². The van der Waals surface area contributed by atoms with E-state index >= 15 is 0 Å². The lowest BCUT2D eigenvalue weighted by Crippen LogP contribution is -2.51. The second-order valence-electron chi connectivity index (χ2n) is 6.73. The molecule has 0 aliphatic carbocycles. The Bertz CT molecular complexity index is 824. The van der Waals surface area contributed by atoms with Crippen LogP contribution in [0.5, 0.6) is 5.75 Å². The fraction of sp³-hybridized carbons (Fsp3) is 0.333. The molecular formula is C21H23N3O3. The summed E-state index contributed by atoms with van der Waals surface area (Å²) in [6.45, 7) is 6.18. The van der Waals surface area contributed by atoms with Crippen molar-refractivity contribution < 1.29 is 14.3 Å². The molecule has 2 aromatic rings. The molecule has 6 nitrogen and oxygen atoms in total. The first-order valence-corrected chi connectivity index (χ1v) is 9.33. The van der Waals surface area contributed by atoms with Gasteiger partial charge in [-0.1, -0.05) is 24.3 Å². The van der Waals surface area contributed by atoms with Gasteiger partial charge >= 0.3 is 0 Å². The molecule has 2 amide bonds. The average molecular weight is 365 g/mol. The third kappa shape index (κ3) is 3.28. The van der Waals surface area contributed by atoms with Gasteiger partial charge in [0.2, 0.25) is 0 Å². The van der Waals surface area contributed by atoms with Crippen molar-refractivity contribution in [2.24, 2.45) is 0 Å². The molecule has 27 heavy (non-hydrogen) atoms. The number of piperazine rings is 1. The van der Waals surface area contributed by atoms with Crippen molar-refractivity contribution in [3.8, 4) is 5.75 Å². The number of hydrogen-bond donors (Lipinski definition) is 0. The van der Waals surface area contributed by atoms with E-state index in [-0.39, 0.29) is 11.8 Å². The summed E-state index contributed by atoms with van der Waals surface area (Å²) in [5, 5.41) is 0. The first-order valence-electron chi connectivity index (χ1n) is 9.33. The molecule has 140 valence electrons. The van der Waals surface area contributed by atoms with Gasteiger partial charge in [0.05, 0.1) is 30.1 Å². The predicted octanol–water partition coefficient (Wildman–Crippen LogP) is 2.46. The van der Waals surface area contributed by atoms with Gasteiger partial charge in [-0.2, -0.15) is 0 Å². The minimum atomic E-state index is -0.195. The zero-order chi connectivity index (χ0) is 18.8. The Morgan fingerprint density at radius 2 is 1.44 bits per heavy atom. The van der Waals surface area contributed by atoms with Gasteiger partial charge in [-0.15, -0.1) is 0 Å². The van der Waals surface area contributed by atoms with Gasteiger partial charge in [0.25, 0.3) is 11.8 Å². The van der Waals surface area contributed by atoms with E-state index in [1.165, 1.54) is 4.90 Å². The van der Waals surface area contributed by atoms with Crippen LogP contribution in [0.3, 0.4) is 0 Å². The fourth-order valence-electron chi connectivity index (χ4n) is 3.69. The van der Waals surface area contributed by atoms with E-state index in [9.17, 15) is 9.59 Å². The van der Waals surface area contributed by atoms with Crippen LogP contribution in [0.2, 0.25) is 0 Å². The van der Waals surface area contributed by atoms with E-state index in [0.29, 0.717) is 24.4 Å². The standard InChI is InChI=1S/C21H23N3O3/c1-2-27-19-10-6-5-9-18(19)23-13-11-22(12-14-23)15-24-20(25)16-7-3-4-8-17(16)21(24)26/h3-10H,2,11-15H2,1H3. The van der Waals surface area contributed by atoms with Crippen LogP contribution in [-0.4, -0.2) is 61.1 Å². The van der Waals surface area contributed by atoms with Gasteiger partial charge in [0.15, 0.2) is 0 Å². The second-order valence-corrected chi connectivity index (χ2v) is 6.73. The number of imide groups is 1. The second kappa shape index (κ2) is 7.40. The Kier molecular flexibility index (Phi) is 4.81. The van der Waals surface area contributed by atoms with Crippen molar-refractivity contribution in [1.82, 2.24) is 9.80 Å². The van der Waals surface area contributed by atoms with Crippen LogP contribution in [0.4, 0.5) is 5.69 Å². The van der Waals surface area contributed by atoms with Crippen LogP contribution in [0.1, 0.15) is 27.6 Å². The van der Waals surface area contributed by atoms with Gasteiger partial charge < -0.3 is 9.64 Å². The van der Waals surface area contributed by atoms with Crippen LogP contribution in [0, 0.1) is 0 Å². The molecule has 2 aliphatic rings. The number of ether oxygens (including phenoxy) is 1. The molecule has 2 aliphatic heterocycles. The number of hydrogen-bond acceptors (Lipinski definition) is 5. The van der Waals surface area contributed by atoms with E-state index in [1.807, 2.05) is 25.1 Å². The Balaban J connectivity index is 1.40. The monoisotopic (exact) mass is 365 g/mol. The number of rotatable bonds is 5. The molecule has 6 heteroatoms. The zero-order valence-electron chi connectivity index (χ0n) is 15.4. The summed E-state index contributed by atoms with van der Waals surface area (Å²) < 4.78 is 5.74. The number of carbonyl (C=O) groups excluding carboxylic acids is 2. The van der Waals surface area contributed by atoms with Crippen LogP contribution in [0.15, 0.2) is 48.5 Å². The van der Waals surface area contributed by atoms with E-state index in [2.05, 4.69) is 15.9 Å². The van der Waals surface area contributed by atoms with Crippen LogP contribution in [-0.2, 0) is 0 Å². The first kappa shape index (κ1) is 17.5. The fourth-order valence-corrected chi connectivity index (χ4v) is 3.69. The molecule has 0 spiro atoms. The highest BCUT2D eigenvalue weighted by Crippen LogP contribution is 2.29. The van der Waals surface area contributed by atoms with Gasteiger partial charge in [-0.05, 0) is 31.2 Å². The number of para-hydroxylation sites is 2. The highest BCUT2D eigenvalue weighted by atomic mass is 16.5. The van der Waals surface area contributed by atoms with Crippen LogP contribution in [0.25, 0.3) is 0 Å². The van der Waals surface area contributed by atoms with Crippen molar-refractivity contribution >= 4 is 17.5 Å². The molecule has 4 rings (SSSR count). The molecule has 0 unspecified atom stereocenters. The van der Waals surface area contributed by atoms with Crippen molar-refractivity contribution in [3.63, 3.8) is 0 Å². The topological polar surface area (TPSA) is 53.1 Å². The molecule has 0 bridgehead atoms. The molecular weight excluding hydrogens is 342 g/mol. The molecule has 0 atom stereocenters. The molecule has 0 N–H and O–H groups in total. The smallest absolute Gasteiger partial charge is 0.262 e. The SMILES string of the molecule is CCOc1ccccc1N1CCN(CN2C(=O)c3ccccc3C2=O)CC1. The quantitative estimate of drug-likeness (QED) is 0.762. The minimum absolute atomic E-state index is 0.195. The number of benzene rings is 2. The van der Waals surface area contributed by atoms with E-state index < -0.39 is 0 Å². The minimum Gasteiger partial charge on any atom is -0.492 e. The molecule has 2 aromatic carbocycles. The third-order valence-corrected chi connectivity index (χ3v) is 5.10. The number of carbonyl (C=O) groups is 2. The van der Waals surface area contributed by atoms with Crippen molar-refractivity contribution in [3.05, 3.63) is 59.7 Å². The van der Waals surface area contributed by atoms with Crippen LogP contribution < -0.4 is 9.64 Å². The highest BCUT2D eigenvalue weighted by molar-refractivity contribution is 6.21.